The maximum atomic E-state index is 12.7. The largest absolute Gasteiger partial charge is 0.495 e. The van der Waals surface area contributed by atoms with Crippen molar-refractivity contribution in [1.29, 1.82) is 0 Å². The molecule has 0 radical (unpaired) electrons. The maximum absolute atomic E-state index is 12.7. The van der Waals surface area contributed by atoms with E-state index in [1.165, 1.54) is 13.2 Å². The topological polar surface area (TPSA) is 81.4 Å². The van der Waals surface area contributed by atoms with Crippen LogP contribution in [0.3, 0.4) is 0 Å². The number of hydrogen-bond acceptors (Lipinski definition) is 4. The van der Waals surface area contributed by atoms with Gasteiger partial charge in [0, 0.05) is 22.7 Å². The van der Waals surface area contributed by atoms with E-state index in [4.69, 9.17) is 22.1 Å². The summed E-state index contributed by atoms with van der Waals surface area (Å²) in [5, 5.41) is 0.311. The van der Waals surface area contributed by atoms with Crippen LogP contribution in [0.1, 0.15) is 39.2 Å². The third-order valence-electron chi connectivity index (χ3n) is 3.75. The van der Waals surface area contributed by atoms with E-state index in [1.54, 1.807) is 6.07 Å². The molecule has 1 aromatic rings. The molecule has 0 saturated heterocycles. The lowest BCUT2D eigenvalue weighted by atomic mass is 9.98. The van der Waals surface area contributed by atoms with Gasteiger partial charge in [-0.25, -0.2) is 13.1 Å². The number of sulfonamides is 1. The van der Waals surface area contributed by atoms with Crippen molar-refractivity contribution in [3.05, 3.63) is 22.7 Å². The quantitative estimate of drug-likeness (QED) is 0.803. The molecule has 21 heavy (non-hydrogen) atoms. The van der Waals surface area contributed by atoms with Gasteiger partial charge in [0.2, 0.25) is 10.0 Å². The van der Waals surface area contributed by atoms with Gasteiger partial charge in [-0.2, -0.15) is 0 Å². The molecule has 0 heterocycles. The monoisotopic (exact) mass is 334 g/mol. The van der Waals surface area contributed by atoms with Gasteiger partial charge in [0.15, 0.2) is 0 Å². The zero-order valence-electron chi connectivity index (χ0n) is 12.9. The van der Waals surface area contributed by atoms with Crippen molar-refractivity contribution < 1.29 is 13.2 Å². The molecule has 7 heteroatoms. The smallest absolute Gasteiger partial charge is 0.244 e. The van der Waals surface area contributed by atoms with E-state index in [9.17, 15) is 8.42 Å². The van der Waals surface area contributed by atoms with Crippen LogP contribution in [0.25, 0.3) is 0 Å². The average Bonchev–Trinajstić information content (AvgIpc) is 2.45. The molecular weight excluding hydrogens is 312 g/mol. The van der Waals surface area contributed by atoms with Crippen LogP contribution in [-0.4, -0.2) is 21.1 Å². The van der Waals surface area contributed by atoms with Crippen molar-refractivity contribution in [2.45, 2.75) is 50.6 Å². The minimum atomic E-state index is -3.75. The van der Waals surface area contributed by atoms with Crippen molar-refractivity contribution >= 4 is 21.6 Å². The second-order valence-corrected chi connectivity index (χ2v) is 7.26. The predicted molar refractivity (Wildman–Crippen MR) is 85.2 cm³/mol. The fourth-order valence-electron chi connectivity index (χ4n) is 1.98. The minimum absolute atomic E-state index is 0.0195. The Morgan fingerprint density at radius 3 is 2.33 bits per heavy atom. The molecule has 1 aromatic carbocycles. The number of nitrogens with one attached hydrogen (secondary N) is 1. The summed E-state index contributed by atoms with van der Waals surface area (Å²) in [6.07, 6.45) is 1.35. The first-order valence-corrected chi connectivity index (χ1v) is 8.69. The molecule has 0 aliphatic carbocycles. The Morgan fingerprint density at radius 1 is 1.33 bits per heavy atom. The molecule has 0 amide bonds. The molecule has 0 aliphatic heterocycles. The summed E-state index contributed by atoms with van der Waals surface area (Å²) >= 11 is 6.00. The Hall–Kier alpha value is -0.820. The fraction of sp³-hybridized carbons (Fsp3) is 0.571. The number of ether oxygens (including phenoxy) is 1. The molecule has 0 atom stereocenters. The van der Waals surface area contributed by atoms with Gasteiger partial charge in [-0.05, 0) is 31.9 Å². The zero-order chi connectivity index (χ0) is 16.3. The fourth-order valence-corrected chi connectivity index (χ4v) is 4.07. The normalized spacial score (nSPS) is 12.5. The van der Waals surface area contributed by atoms with Gasteiger partial charge < -0.3 is 10.5 Å². The highest BCUT2D eigenvalue weighted by Crippen LogP contribution is 2.32. The highest BCUT2D eigenvalue weighted by molar-refractivity contribution is 7.89. The maximum Gasteiger partial charge on any atom is 0.244 e. The van der Waals surface area contributed by atoms with Crippen LogP contribution in [0.2, 0.25) is 5.02 Å². The highest BCUT2D eigenvalue weighted by atomic mass is 35.5. The Balaban J connectivity index is 3.41. The van der Waals surface area contributed by atoms with Crippen LogP contribution in [0, 0.1) is 0 Å². The summed E-state index contributed by atoms with van der Waals surface area (Å²) in [5.41, 5.74) is 5.67. The van der Waals surface area contributed by atoms with Crippen molar-refractivity contribution in [2.24, 2.45) is 5.73 Å². The van der Waals surface area contributed by atoms with Gasteiger partial charge in [-0.3, -0.25) is 0 Å². The third-order valence-corrected chi connectivity index (χ3v) is 5.61. The molecule has 0 aliphatic rings. The summed E-state index contributed by atoms with van der Waals surface area (Å²) in [6, 6.07) is 2.99. The summed E-state index contributed by atoms with van der Waals surface area (Å²) in [5.74, 6) is 0.240. The van der Waals surface area contributed by atoms with E-state index >= 15 is 0 Å². The van der Waals surface area contributed by atoms with Gasteiger partial charge in [0.05, 0.1) is 7.11 Å². The van der Waals surface area contributed by atoms with Crippen molar-refractivity contribution in [1.82, 2.24) is 4.72 Å². The Kier molecular flexibility index (Phi) is 6.04. The summed E-state index contributed by atoms with van der Waals surface area (Å²) in [4.78, 5) is 0.0195. The summed E-state index contributed by atoms with van der Waals surface area (Å²) in [7, 11) is -2.34. The van der Waals surface area contributed by atoms with Gasteiger partial charge in [0.25, 0.3) is 0 Å². The molecule has 5 nitrogen and oxygen atoms in total. The molecular formula is C14H23ClN2O3S. The predicted octanol–water partition coefficient (Wildman–Crippen LogP) is 2.66. The number of hydrogen-bond donors (Lipinski definition) is 2. The molecule has 0 unspecified atom stereocenters. The van der Waals surface area contributed by atoms with Gasteiger partial charge in [-0.15, -0.1) is 0 Å². The van der Waals surface area contributed by atoms with Gasteiger partial charge in [-0.1, -0.05) is 25.4 Å². The second-order valence-electron chi connectivity index (χ2n) is 5.17. The van der Waals surface area contributed by atoms with Crippen molar-refractivity contribution in [3.8, 4) is 5.75 Å². The first-order valence-electron chi connectivity index (χ1n) is 6.83. The van der Waals surface area contributed by atoms with Crippen LogP contribution in [0.4, 0.5) is 0 Å². The van der Waals surface area contributed by atoms with E-state index in [-0.39, 0.29) is 17.2 Å². The molecule has 1 rings (SSSR count). The van der Waals surface area contributed by atoms with Gasteiger partial charge in [0.1, 0.15) is 10.6 Å². The molecule has 3 N–H and O–H groups in total. The van der Waals surface area contributed by atoms with Crippen molar-refractivity contribution in [3.63, 3.8) is 0 Å². The van der Waals surface area contributed by atoms with E-state index in [2.05, 4.69) is 4.72 Å². The van der Waals surface area contributed by atoms with Crippen LogP contribution >= 0.6 is 11.6 Å². The van der Waals surface area contributed by atoms with Crippen LogP contribution < -0.4 is 15.2 Å². The minimum Gasteiger partial charge on any atom is -0.495 e. The molecule has 0 aromatic heterocycles. The lowest BCUT2D eigenvalue weighted by Gasteiger charge is -2.28. The van der Waals surface area contributed by atoms with E-state index in [0.29, 0.717) is 23.4 Å². The highest BCUT2D eigenvalue weighted by Gasteiger charge is 2.30. The number of nitrogens with two attached hydrogens (primary N) is 1. The average molecular weight is 335 g/mol. The third kappa shape index (κ3) is 4.10. The molecule has 0 bridgehead atoms. The first-order chi connectivity index (χ1) is 9.72. The van der Waals surface area contributed by atoms with E-state index in [1.807, 2.05) is 20.8 Å². The van der Waals surface area contributed by atoms with Crippen LogP contribution in [0.5, 0.6) is 5.75 Å². The summed E-state index contributed by atoms with van der Waals surface area (Å²) in [6.45, 7) is 5.88. The molecule has 120 valence electrons. The standard InChI is InChI=1S/C14H23ClN2O3S/c1-5-14(3,6-2)17-21(18,19)12-8-11(15)7-10(9-16)13(12)20-4/h7-8,17H,5-6,9,16H2,1-4H3. The Morgan fingerprint density at radius 2 is 1.90 bits per heavy atom. The van der Waals surface area contributed by atoms with E-state index in [0.717, 1.165) is 0 Å². The number of methoxy groups -OCH3 is 1. The lowest BCUT2D eigenvalue weighted by molar-refractivity contribution is 0.381. The lowest BCUT2D eigenvalue weighted by Crippen LogP contribution is -2.44. The summed E-state index contributed by atoms with van der Waals surface area (Å²) < 4.78 is 33.3. The number of benzene rings is 1. The molecule has 0 fully saturated rings. The number of halogens is 1. The molecule has 0 saturated carbocycles. The van der Waals surface area contributed by atoms with E-state index < -0.39 is 15.6 Å². The van der Waals surface area contributed by atoms with Crippen molar-refractivity contribution in [2.75, 3.05) is 7.11 Å². The van der Waals surface area contributed by atoms with Crippen LogP contribution in [-0.2, 0) is 16.6 Å². The Labute approximate surface area is 131 Å². The second kappa shape index (κ2) is 6.96. The van der Waals surface area contributed by atoms with Gasteiger partial charge >= 0.3 is 0 Å². The first kappa shape index (κ1) is 18.2. The zero-order valence-corrected chi connectivity index (χ0v) is 14.4. The molecule has 0 spiro atoms. The number of rotatable bonds is 7. The SMILES string of the molecule is CCC(C)(CC)NS(=O)(=O)c1cc(Cl)cc(CN)c1OC. The van der Waals surface area contributed by atoms with Crippen LogP contribution in [0.15, 0.2) is 17.0 Å². The Bertz CT molecular complexity index is 598.